The van der Waals surface area contributed by atoms with Crippen molar-refractivity contribution in [1.29, 1.82) is 0 Å². The number of pyridine rings is 1. The molecular weight excluding hydrogens is 328 g/mol. The Morgan fingerprint density at radius 1 is 1.35 bits per heavy atom. The summed E-state index contributed by atoms with van der Waals surface area (Å²) in [6, 6.07) is 9.60. The van der Waals surface area contributed by atoms with Gasteiger partial charge in [0.15, 0.2) is 0 Å². The van der Waals surface area contributed by atoms with Gasteiger partial charge in [0.1, 0.15) is 0 Å². The number of aryl methyl sites for hydroxylation is 1. The van der Waals surface area contributed by atoms with Gasteiger partial charge in [0.05, 0.1) is 36.7 Å². The minimum absolute atomic E-state index is 0.0232. The second-order valence-corrected chi connectivity index (χ2v) is 6.52. The zero-order valence-corrected chi connectivity index (χ0v) is 14.8. The summed E-state index contributed by atoms with van der Waals surface area (Å²) in [7, 11) is 0. The van der Waals surface area contributed by atoms with Gasteiger partial charge in [0, 0.05) is 36.5 Å². The SMILES string of the molecule is CCOCC1CCn2cncc2CN1C(=O)c1ccc2ncccc2c1. The molecular formula is C20H22N4O2. The van der Waals surface area contributed by atoms with E-state index in [2.05, 4.69) is 14.5 Å². The van der Waals surface area contributed by atoms with Crippen molar-refractivity contribution in [3.05, 3.63) is 60.3 Å². The van der Waals surface area contributed by atoms with Crippen molar-refractivity contribution in [3.63, 3.8) is 0 Å². The number of carbonyl (C=O) groups is 1. The molecule has 2 aromatic heterocycles. The first-order valence-electron chi connectivity index (χ1n) is 8.98. The third-order valence-corrected chi connectivity index (χ3v) is 4.90. The van der Waals surface area contributed by atoms with Crippen LogP contribution in [0.25, 0.3) is 10.9 Å². The fraction of sp³-hybridized carbons (Fsp3) is 0.350. The topological polar surface area (TPSA) is 60.2 Å². The lowest BCUT2D eigenvalue weighted by Crippen LogP contribution is -2.42. The van der Waals surface area contributed by atoms with Gasteiger partial charge in [0.25, 0.3) is 5.91 Å². The molecule has 0 saturated carbocycles. The molecule has 1 amide bonds. The molecule has 0 N–H and O–H groups in total. The van der Waals surface area contributed by atoms with Crippen molar-refractivity contribution in [2.24, 2.45) is 0 Å². The Bertz CT molecular complexity index is 921. The maximum absolute atomic E-state index is 13.3. The van der Waals surface area contributed by atoms with Crippen molar-refractivity contribution < 1.29 is 9.53 Å². The van der Waals surface area contributed by atoms with Crippen LogP contribution in [-0.4, -0.2) is 44.6 Å². The Kier molecular flexibility index (Phi) is 4.67. The fourth-order valence-electron chi connectivity index (χ4n) is 3.47. The van der Waals surface area contributed by atoms with E-state index in [1.807, 2.05) is 54.7 Å². The smallest absolute Gasteiger partial charge is 0.254 e. The van der Waals surface area contributed by atoms with Gasteiger partial charge in [-0.15, -0.1) is 0 Å². The lowest BCUT2D eigenvalue weighted by atomic mass is 10.1. The molecule has 1 aromatic carbocycles. The molecule has 0 bridgehead atoms. The summed E-state index contributed by atoms with van der Waals surface area (Å²) in [6.45, 7) is 4.57. The molecule has 6 heteroatoms. The number of nitrogens with zero attached hydrogens (tertiary/aromatic N) is 4. The minimum atomic E-state index is 0.0232. The molecule has 0 saturated heterocycles. The summed E-state index contributed by atoms with van der Waals surface area (Å²) >= 11 is 0. The molecule has 0 aliphatic carbocycles. The van der Waals surface area contributed by atoms with Crippen LogP contribution in [0.4, 0.5) is 0 Å². The molecule has 3 aromatic rings. The Hall–Kier alpha value is -2.73. The van der Waals surface area contributed by atoms with Gasteiger partial charge < -0.3 is 14.2 Å². The first-order chi connectivity index (χ1) is 12.8. The van der Waals surface area contributed by atoms with Crippen molar-refractivity contribution in [2.75, 3.05) is 13.2 Å². The monoisotopic (exact) mass is 350 g/mol. The fourth-order valence-corrected chi connectivity index (χ4v) is 3.47. The first kappa shape index (κ1) is 16.7. The Balaban J connectivity index is 1.66. The molecule has 4 rings (SSSR count). The predicted molar refractivity (Wildman–Crippen MR) is 98.7 cm³/mol. The number of imidazole rings is 1. The van der Waals surface area contributed by atoms with Crippen LogP contribution in [0.5, 0.6) is 0 Å². The van der Waals surface area contributed by atoms with Crippen LogP contribution >= 0.6 is 0 Å². The average molecular weight is 350 g/mol. The van der Waals surface area contributed by atoms with E-state index in [0.29, 0.717) is 25.3 Å². The van der Waals surface area contributed by atoms with Crippen LogP contribution in [-0.2, 0) is 17.8 Å². The van der Waals surface area contributed by atoms with Crippen LogP contribution < -0.4 is 0 Å². The summed E-state index contributed by atoms with van der Waals surface area (Å²) in [5, 5.41) is 0.972. The van der Waals surface area contributed by atoms with Crippen LogP contribution in [0.2, 0.25) is 0 Å². The van der Waals surface area contributed by atoms with Crippen molar-refractivity contribution in [2.45, 2.75) is 32.5 Å². The number of fused-ring (bicyclic) bond motifs is 2. The van der Waals surface area contributed by atoms with Crippen molar-refractivity contribution >= 4 is 16.8 Å². The predicted octanol–water partition coefficient (Wildman–Crippen LogP) is 2.88. The van der Waals surface area contributed by atoms with Gasteiger partial charge in [-0.2, -0.15) is 0 Å². The summed E-state index contributed by atoms with van der Waals surface area (Å²) in [5.41, 5.74) is 2.63. The first-order valence-corrected chi connectivity index (χ1v) is 8.98. The summed E-state index contributed by atoms with van der Waals surface area (Å²) < 4.78 is 7.78. The number of amides is 1. The van der Waals surface area contributed by atoms with Gasteiger partial charge in [-0.05, 0) is 37.6 Å². The number of benzene rings is 1. The number of ether oxygens (including phenoxy) is 1. The maximum Gasteiger partial charge on any atom is 0.254 e. The highest BCUT2D eigenvalue weighted by Crippen LogP contribution is 2.22. The molecule has 134 valence electrons. The lowest BCUT2D eigenvalue weighted by molar-refractivity contribution is 0.0423. The highest BCUT2D eigenvalue weighted by atomic mass is 16.5. The second kappa shape index (κ2) is 7.25. The molecule has 3 heterocycles. The van der Waals surface area contributed by atoms with Crippen LogP contribution in [0, 0.1) is 0 Å². The van der Waals surface area contributed by atoms with Crippen molar-refractivity contribution in [3.8, 4) is 0 Å². The van der Waals surface area contributed by atoms with E-state index in [4.69, 9.17) is 4.74 Å². The van der Waals surface area contributed by atoms with Crippen molar-refractivity contribution in [1.82, 2.24) is 19.4 Å². The average Bonchev–Trinajstić information content (AvgIpc) is 3.05. The number of hydrogen-bond acceptors (Lipinski definition) is 4. The van der Waals surface area contributed by atoms with E-state index < -0.39 is 0 Å². The third kappa shape index (κ3) is 3.20. The van der Waals surface area contributed by atoms with E-state index in [1.54, 1.807) is 6.20 Å². The molecule has 1 aliphatic heterocycles. The Morgan fingerprint density at radius 3 is 3.15 bits per heavy atom. The number of hydrogen-bond donors (Lipinski definition) is 0. The Labute approximate surface area is 152 Å². The molecule has 6 nitrogen and oxygen atoms in total. The molecule has 1 unspecified atom stereocenters. The summed E-state index contributed by atoms with van der Waals surface area (Å²) in [5.74, 6) is 0.0232. The highest BCUT2D eigenvalue weighted by molar-refractivity contribution is 5.98. The van der Waals surface area contributed by atoms with Gasteiger partial charge in [-0.3, -0.25) is 9.78 Å². The molecule has 0 radical (unpaired) electrons. The second-order valence-electron chi connectivity index (χ2n) is 6.52. The Morgan fingerprint density at radius 2 is 2.27 bits per heavy atom. The van der Waals surface area contributed by atoms with E-state index >= 15 is 0 Å². The van der Waals surface area contributed by atoms with Gasteiger partial charge >= 0.3 is 0 Å². The minimum Gasteiger partial charge on any atom is -0.380 e. The van der Waals surface area contributed by atoms with Crippen LogP contribution in [0.3, 0.4) is 0 Å². The number of rotatable bonds is 4. The van der Waals surface area contributed by atoms with E-state index in [1.165, 1.54) is 0 Å². The number of carbonyl (C=O) groups excluding carboxylic acids is 1. The summed E-state index contributed by atoms with van der Waals surface area (Å²) in [6.07, 6.45) is 6.29. The number of aromatic nitrogens is 3. The molecule has 26 heavy (non-hydrogen) atoms. The van der Waals surface area contributed by atoms with Crippen LogP contribution in [0.1, 0.15) is 29.4 Å². The largest absolute Gasteiger partial charge is 0.380 e. The third-order valence-electron chi connectivity index (χ3n) is 4.90. The zero-order valence-electron chi connectivity index (χ0n) is 14.8. The van der Waals surface area contributed by atoms with Gasteiger partial charge in [0.2, 0.25) is 0 Å². The normalized spacial score (nSPS) is 17.1. The molecule has 0 spiro atoms. The highest BCUT2D eigenvalue weighted by Gasteiger charge is 2.28. The molecule has 1 aliphatic rings. The van der Waals surface area contributed by atoms with E-state index in [-0.39, 0.29) is 11.9 Å². The van der Waals surface area contributed by atoms with Gasteiger partial charge in [-0.1, -0.05) is 6.07 Å². The van der Waals surface area contributed by atoms with Crippen LogP contribution in [0.15, 0.2) is 49.1 Å². The molecule has 1 atom stereocenters. The summed E-state index contributed by atoms with van der Waals surface area (Å²) in [4.78, 5) is 23.8. The maximum atomic E-state index is 13.3. The van der Waals surface area contributed by atoms with E-state index in [9.17, 15) is 4.79 Å². The standard InChI is InChI=1S/C20H22N4O2/c1-2-26-13-17-7-9-23-14-21-11-18(23)12-24(17)20(25)16-5-6-19-15(10-16)4-3-8-22-19/h3-6,8,10-11,14,17H,2,7,9,12-13H2,1H3. The molecule has 0 fully saturated rings. The van der Waals surface area contributed by atoms with E-state index in [0.717, 1.165) is 29.6 Å². The lowest BCUT2D eigenvalue weighted by Gasteiger charge is -2.29. The quantitative estimate of drug-likeness (QED) is 0.726. The zero-order chi connectivity index (χ0) is 17.9. The van der Waals surface area contributed by atoms with Gasteiger partial charge in [-0.25, -0.2) is 4.98 Å².